The first-order chi connectivity index (χ1) is 10.0. The molecule has 0 fully saturated rings. The Morgan fingerprint density at radius 3 is 2.48 bits per heavy atom. The lowest BCUT2D eigenvalue weighted by Crippen LogP contribution is -2.14. The predicted octanol–water partition coefficient (Wildman–Crippen LogP) is 3.90. The minimum atomic E-state index is -0.964. The van der Waals surface area contributed by atoms with Crippen molar-refractivity contribution < 1.29 is 19.0 Å². The highest BCUT2D eigenvalue weighted by Crippen LogP contribution is 2.28. The van der Waals surface area contributed by atoms with Crippen LogP contribution < -0.4 is 4.74 Å². The van der Waals surface area contributed by atoms with Crippen molar-refractivity contribution in [3.05, 3.63) is 64.4 Å². The third kappa shape index (κ3) is 3.73. The summed E-state index contributed by atoms with van der Waals surface area (Å²) in [6.45, 7) is 0. The normalized spacial score (nSPS) is 12.0. The Morgan fingerprint density at radius 2 is 1.95 bits per heavy atom. The summed E-state index contributed by atoms with van der Waals surface area (Å²) in [5, 5.41) is 9.80. The quantitative estimate of drug-likeness (QED) is 0.911. The molecule has 0 spiro atoms. The van der Waals surface area contributed by atoms with E-state index in [2.05, 4.69) is 0 Å². The van der Waals surface area contributed by atoms with E-state index in [0.29, 0.717) is 16.3 Å². The van der Waals surface area contributed by atoms with Crippen LogP contribution in [0.4, 0.5) is 4.39 Å². The van der Waals surface area contributed by atoms with E-state index in [1.807, 2.05) is 0 Å². The molecule has 21 heavy (non-hydrogen) atoms. The van der Waals surface area contributed by atoms with E-state index >= 15 is 0 Å². The van der Waals surface area contributed by atoms with Crippen molar-refractivity contribution in [1.82, 2.24) is 0 Å². The molecule has 1 N–H and O–H groups in total. The van der Waals surface area contributed by atoms with E-state index in [9.17, 15) is 14.3 Å². The van der Waals surface area contributed by atoms with Gasteiger partial charge in [-0.1, -0.05) is 29.8 Å². The number of hydrogen-bond donors (Lipinski definition) is 1. The van der Waals surface area contributed by atoms with Crippen molar-refractivity contribution in [2.45, 2.75) is 12.3 Å². The number of rotatable bonds is 5. The SMILES string of the molecule is COc1ccc(CC(C(=O)O)c2ccc(F)cc2)cc1Cl. The summed E-state index contributed by atoms with van der Waals surface area (Å²) in [6.07, 6.45) is 0.269. The second-order valence-electron chi connectivity index (χ2n) is 4.62. The fourth-order valence-corrected chi connectivity index (χ4v) is 2.40. The number of carboxylic acids is 1. The average Bonchev–Trinajstić information content (AvgIpc) is 2.46. The predicted molar refractivity (Wildman–Crippen MR) is 78.5 cm³/mol. The van der Waals surface area contributed by atoms with Crippen LogP contribution in [0, 0.1) is 5.82 Å². The molecule has 0 aliphatic carbocycles. The lowest BCUT2D eigenvalue weighted by Gasteiger charge is -2.14. The third-order valence-electron chi connectivity index (χ3n) is 3.23. The molecule has 1 atom stereocenters. The molecule has 0 saturated heterocycles. The van der Waals surface area contributed by atoms with Gasteiger partial charge >= 0.3 is 5.97 Å². The number of hydrogen-bond acceptors (Lipinski definition) is 2. The van der Waals surface area contributed by atoms with Crippen molar-refractivity contribution in [2.75, 3.05) is 7.11 Å². The van der Waals surface area contributed by atoms with E-state index in [0.717, 1.165) is 5.56 Å². The highest BCUT2D eigenvalue weighted by molar-refractivity contribution is 6.32. The molecule has 0 amide bonds. The zero-order valence-electron chi connectivity index (χ0n) is 11.3. The van der Waals surface area contributed by atoms with E-state index in [-0.39, 0.29) is 6.42 Å². The molecule has 110 valence electrons. The molecule has 0 bridgehead atoms. The smallest absolute Gasteiger partial charge is 0.311 e. The van der Waals surface area contributed by atoms with Gasteiger partial charge in [-0.2, -0.15) is 0 Å². The van der Waals surface area contributed by atoms with Crippen LogP contribution in [-0.4, -0.2) is 18.2 Å². The first-order valence-corrected chi connectivity index (χ1v) is 6.69. The molecule has 5 heteroatoms. The number of methoxy groups -OCH3 is 1. The molecule has 0 aliphatic heterocycles. The Kier molecular flexibility index (Phi) is 4.81. The van der Waals surface area contributed by atoms with Crippen LogP contribution >= 0.6 is 11.6 Å². The molecule has 0 saturated carbocycles. The van der Waals surface area contributed by atoms with Gasteiger partial charge in [0.05, 0.1) is 18.1 Å². The Hall–Kier alpha value is -2.07. The maximum atomic E-state index is 12.9. The van der Waals surface area contributed by atoms with Crippen LogP contribution in [0.3, 0.4) is 0 Å². The van der Waals surface area contributed by atoms with Crippen LogP contribution in [0.15, 0.2) is 42.5 Å². The standard InChI is InChI=1S/C16H14ClFO3/c1-21-15-7-2-10(9-14(15)17)8-13(16(19)20)11-3-5-12(18)6-4-11/h2-7,9,13H,8H2,1H3,(H,19,20). The van der Waals surface area contributed by atoms with Gasteiger partial charge in [0, 0.05) is 0 Å². The van der Waals surface area contributed by atoms with Gasteiger partial charge in [0.2, 0.25) is 0 Å². The van der Waals surface area contributed by atoms with Gasteiger partial charge in [0.1, 0.15) is 11.6 Å². The molecular weight excluding hydrogens is 295 g/mol. The number of aliphatic carboxylic acids is 1. The Bertz CT molecular complexity index is 640. The van der Waals surface area contributed by atoms with Crippen LogP contribution in [0.5, 0.6) is 5.75 Å². The van der Waals surface area contributed by atoms with E-state index in [1.165, 1.54) is 31.4 Å². The molecule has 0 heterocycles. The highest BCUT2D eigenvalue weighted by Gasteiger charge is 2.20. The molecule has 0 aliphatic rings. The van der Waals surface area contributed by atoms with Crippen molar-refractivity contribution in [1.29, 1.82) is 0 Å². The lowest BCUT2D eigenvalue weighted by atomic mass is 9.92. The zero-order chi connectivity index (χ0) is 15.4. The largest absolute Gasteiger partial charge is 0.495 e. The van der Waals surface area contributed by atoms with Gasteiger partial charge in [-0.3, -0.25) is 4.79 Å². The van der Waals surface area contributed by atoms with Crippen molar-refractivity contribution >= 4 is 17.6 Å². The summed E-state index contributed by atoms with van der Waals surface area (Å²) in [5.74, 6) is -1.58. The number of halogens is 2. The maximum absolute atomic E-state index is 12.9. The molecule has 0 aromatic heterocycles. The summed E-state index contributed by atoms with van der Waals surface area (Å²) in [6, 6.07) is 10.6. The summed E-state index contributed by atoms with van der Waals surface area (Å²) in [4.78, 5) is 11.4. The number of carbonyl (C=O) groups is 1. The number of carboxylic acid groups (broad SMARTS) is 1. The van der Waals surface area contributed by atoms with E-state index in [4.69, 9.17) is 16.3 Å². The van der Waals surface area contributed by atoms with Gasteiger partial charge in [0.25, 0.3) is 0 Å². The van der Waals surface area contributed by atoms with E-state index in [1.54, 1.807) is 18.2 Å². The molecule has 1 unspecified atom stereocenters. The Labute approximate surface area is 126 Å². The molecule has 2 rings (SSSR count). The summed E-state index contributed by atoms with van der Waals surface area (Å²) in [7, 11) is 1.51. The first kappa shape index (κ1) is 15.3. The van der Waals surface area contributed by atoms with Crippen LogP contribution in [-0.2, 0) is 11.2 Å². The number of benzene rings is 2. The second-order valence-corrected chi connectivity index (χ2v) is 5.02. The molecule has 2 aromatic carbocycles. The molecular formula is C16H14ClFO3. The maximum Gasteiger partial charge on any atom is 0.311 e. The van der Waals surface area contributed by atoms with E-state index < -0.39 is 17.7 Å². The second kappa shape index (κ2) is 6.59. The topological polar surface area (TPSA) is 46.5 Å². The Balaban J connectivity index is 2.26. The molecule has 3 nitrogen and oxygen atoms in total. The fraction of sp³-hybridized carbons (Fsp3) is 0.188. The monoisotopic (exact) mass is 308 g/mol. The summed E-state index contributed by atoms with van der Waals surface area (Å²) < 4.78 is 18.0. The van der Waals surface area contributed by atoms with Gasteiger partial charge in [-0.15, -0.1) is 0 Å². The minimum Gasteiger partial charge on any atom is -0.495 e. The van der Waals surface area contributed by atoms with Gasteiger partial charge in [-0.25, -0.2) is 4.39 Å². The van der Waals surface area contributed by atoms with Crippen LogP contribution in [0.25, 0.3) is 0 Å². The third-order valence-corrected chi connectivity index (χ3v) is 3.52. The lowest BCUT2D eigenvalue weighted by molar-refractivity contribution is -0.138. The van der Waals surface area contributed by atoms with Crippen molar-refractivity contribution in [2.24, 2.45) is 0 Å². The van der Waals surface area contributed by atoms with Gasteiger partial charge in [-0.05, 0) is 41.8 Å². The molecule has 2 aromatic rings. The van der Waals surface area contributed by atoms with Crippen molar-refractivity contribution in [3.63, 3.8) is 0 Å². The molecule has 0 radical (unpaired) electrons. The van der Waals surface area contributed by atoms with Gasteiger partial charge in [0.15, 0.2) is 0 Å². The fourth-order valence-electron chi connectivity index (χ4n) is 2.12. The summed E-state index contributed by atoms with van der Waals surface area (Å²) in [5.41, 5.74) is 1.33. The minimum absolute atomic E-state index is 0.269. The van der Waals surface area contributed by atoms with Crippen LogP contribution in [0.1, 0.15) is 17.0 Å². The van der Waals surface area contributed by atoms with Gasteiger partial charge < -0.3 is 9.84 Å². The van der Waals surface area contributed by atoms with Crippen molar-refractivity contribution in [3.8, 4) is 5.75 Å². The highest BCUT2D eigenvalue weighted by atomic mass is 35.5. The first-order valence-electron chi connectivity index (χ1n) is 6.32. The average molecular weight is 309 g/mol. The Morgan fingerprint density at radius 1 is 1.29 bits per heavy atom. The number of ether oxygens (including phenoxy) is 1. The zero-order valence-corrected chi connectivity index (χ0v) is 12.1. The van der Waals surface area contributed by atoms with Crippen LogP contribution in [0.2, 0.25) is 5.02 Å². The summed E-state index contributed by atoms with van der Waals surface area (Å²) >= 11 is 6.04.